The van der Waals surface area contributed by atoms with E-state index < -0.39 is 15.9 Å². The number of sulfonamides is 1. The van der Waals surface area contributed by atoms with Crippen LogP contribution >= 0.6 is 11.6 Å². The summed E-state index contributed by atoms with van der Waals surface area (Å²) >= 11 is 6.13. The van der Waals surface area contributed by atoms with Gasteiger partial charge >= 0.3 is 0 Å². The number of anilines is 2. The van der Waals surface area contributed by atoms with E-state index >= 15 is 0 Å². The number of nitrogens with one attached hydrogen (secondary N) is 2. The van der Waals surface area contributed by atoms with Crippen molar-refractivity contribution in [2.75, 3.05) is 17.7 Å². The molecular weight excluding hydrogens is 438 g/mol. The Balaban J connectivity index is 1.70. The van der Waals surface area contributed by atoms with Gasteiger partial charge in [0.05, 0.1) is 15.6 Å². The zero-order chi connectivity index (χ0) is 22.6. The summed E-state index contributed by atoms with van der Waals surface area (Å²) in [6.45, 7) is 1.38. The van der Waals surface area contributed by atoms with Gasteiger partial charge in [0.1, 0.15) is 0 Å². The number of carbonyl (C=O) groups is 2. The van der Waals surface area contributed by atoms with E-state index in [9.17, 15) is 18.0 Å². The van der Waals surface area contributed by atoms with Crippen LogP contribution < -0.4 is 10.6 Å². The summed E-state index contributed by atoms with van der Waals surface area (Å²) in [6.07, 6.45) is 4.98. The van der Waals surface area contributed by atoms with Crippen molar-refractivity contribution in [1.29, 1.82) is 0 Å². The first-order chi connectivity index (χ1) is 14.7. The average Bonchev–Trinajstić information content (AvgIpc) is 2.75. The highest BCUT2D eigenvalue weighted by atomic mass is 35.5. The molecular formula is C22H26ClN3O4S. The highest BCUT2D eigenvalue weighted by Crippen LogP contribution is 2.28. The SMILES string of the molecule is CC(=O)Nc1ccc(NC(=O)c2ccc(S(=O)(=O)N(C)C3CCCCC3)cc2)cc1Cl. The fourth-order valence-electron chi connectivity index (χ4n) is 3.67. The Labute approximate surface area is 187 Å². The van der Waals surface area contributed by atoms with Gasteiger partial charge in [0.25, 0.3) is 5.91 Å². The quantitative estimate of drug-likeness (QED) is 0.659. The van der Waals surface area contributed by atoms with Crippen molar-refractivity contribution in [3.63, 3.8) is 0 Å². The van der Waals surface area contributed by atoms with Crippen molar-refractivity contribution in [2.45, 2.75) is 50.0 Å². The first-order valence-electron chi connectivity index (χ1n) is 10.1. The van der Waals surface area contributed by atoms with Gasteiger partial charge in [-0.15, -0.1) is 0 Å². The Bertz CT molecular complexity index is 1060. The number of benzene rings is 2. The van der Waals surface area contributed by atoms with Gasteiger partial charge in [-0.3, -0.25) is 9.59 Å². The van der Waals surface area contributed by atoms with Crippen LogP contribution in [0.3, 0.4) is 0 Å². The van der Waals surface area contributed by atoms with Gasteiger partial charge in [-0.05, 0) is 55.3 Å². The van der Waals surface area contributed by atoms with Gasteiger partial charge in [0.15, 0.2) is 0 Å². The molecule has 0 unspecified atom stereocenters. The van der Waals surface area contributed by atoms with E-state index in [1.165, 1.54) is 41.6 Å². The molecule has 0 aromatic heterocycles. The molecule has 1 saturated carbocycles. The molecule has 2 N–H and O–H groups in total. The van der Waals surface area contributed by atoms with Crippen molar-refractivity contribution in [2.24, 2.45) is 0 Å². The van der Waals surface area contributed by atoms with Gasteiger partial charge in [0, 0.05) is 31.3 Å². The van der Waals surface area contributed by atoms with E-state index in [1.54, 1.807) is 19.2 Å². The lowest BCUT2D eigenvalue weighted by Gasteiger charge is -2.30. The van der Waals surface area contributed by atoms with Crippen molar-refractivity contribution in [3.05, 3.63) is 53.1 Å². The summed E-state index contributed by atoms with van der Waals surface area (Å²) in [4.78, 5) is 23.9. The molecule has 1 aliphatic rings. The zero-order valence-corrected chi connectivity index (χ0v) is 19.1. The standard InChI is InChI=1S/C22H26ClN3O4S/c1-15(27)24-21-13-10-17(14-20(21)23)25-22(28)16-8-11-19(12-9-16)31(29,30)26(2)18-6-4-3-5-7-18/h8-14,18H,3-7H2,1-2H3,(H,24,27)(H,25,28). The van der Waals surface area contributed by atoms with Crippen molar-refractivity contribution in [3.8, 4) is 0 Å². The van der Waals surface area contributed by atoms with E-state index in [-0.39, 0.29) is 16.8 Å². The van der Waals surface area contributed by atoms with Crippen LogP contribution in [0, 0.1) is 0 Å². The van der Waals surface area contributed by atoms with Crippen LogP contribution in [0.4, 0.5) is 11.4 Å². The summed E-state index contributed by atoms with van der Waals surface area (Å²) in [7, 11) is -1.99. The van der Waals surface area contributed by atoms with Crippen molar-refractivity contribution < 1.29 is 18.0 Å². The second-order valence-corrected chi connectivity index (χ2v) is 10.1. The van der Waals surface area contributed by atoms with Crippen LogP contribution in [0.1, 0.15) is 49.4 Å². The van der Waals surface area contributed by atoms with Crippen LogP contribution in [0.2, 0.25) is 5.02 Å². The first kappa shape index (κ1) is 23.2. The number of nitrogens with zero attached hydrogens (tertiary/aromatic N) is 1. The maximum Gasteiger partial charge on any atom is 0.255 e. The van der Waals surface area contributed by atoms with Crippen LogP contribution in [0.15, 0.2) is 47.4 Å². The number of halogens is 1. The summed E-state index contributed by atoms with van der Waals surface area (Å²) < 4.78 is 27.3. The van der Waals surface area contributed by atoms with Crippen LogP contribution in [-0.2, 0) is 14.8 Å². The molecule has 3 rings (SSSR count). The number of amides is 2. The molecule has 0 heterocycles. The molecule has 2 aromatic carbocycles. The maximum atomic E-state index is 12.9. The summed E-state index contributed by atoms with van der Waals surface area (Å²) in [5.74, 6) is -0.643. The maximum absolute atomic E-state index is 12.9. The molecule has 2 amide bonds. The van der Waals surface area contributed by atoms with Crippen molar-refractivity contribution in [1.82, 2.24) is 4.31 Å². The largest absolute Gasteiger partial charge is 0.325 e. The topological polar surface area (TPSA) is 95.6 Å². The van der Waals surface area contributed by atoms with E-state index in [1.807, 2.05) is 0 Å². The number of rotatable bonds is 6. The smallest absolute Gasteiger partial charge is 0.255 e. The molecule has 0 bridgehead atoms. The lowest BCUT2D eigenvalue weighted by atomic mass is 9.96. The molecule has 0 aliphatic heterocycles. The molecule has 31 heavy (non-hydrogen) atoms. The fourth-order valence-corrected chi connectivity index (χ4v) is 5.32. The molecule has 2 aromatic rings. The predicted molar refractivity (Wildman–Crippen MR) is 122 cm³/mol. The highest BCUT2D eigenvalue weighted by Gasteiger charge is 2.29. The van der Waals surface area contributed by atoms with E-state index in [0.717, 1.165) is 32.1 Å². The lowest BCUT2D eigenvalue weighted by Crippen LogP contribution is -2.38. The minimum Gasteiger partial charge on any atom is -0.325 e. The molecule has 166 valence electrons. The Morgan fingerprint density at radius 1 is 1.00 bits per heavy atom. The minimum atomic E-state index is -3.61. The van der Waals surface area contributed by atoms with E-state index in [0.29, 0.717) is 22.0 Å². The minimum absolute atomic E-state index is 0.0203. The molecule has 1 aliphatic carbocycles. The summed E-state index contributed by atoms with van der Waals surface area (Å²) in [6, 6.07) is 10.7. The molecule has 0 radical (unpaired) electrons. The third-order valence-electron chi connectivity index (χ3n) is 5.42. The van der Waals surface area contributed by atoms with Gasteiger partial charge < -0.3 is 10.6 Å². The highest BCUT2D eigenvalue weighted by molar-refractivity contribution is 7.89. The van der Waals surface area contributed by atoms with Gasteiger partial charge in [-0.25, -0.2) is 8.42 Å². The number of hydrogen-bond donors (Lipinski definition) is 2. The lowest BCUT2D eigenvalue weighted by molar-refractivity contribution is -0.114. The van der Waals surface area contributed by atoms with E-state index in [4.69, 9.17) is 11.6 Å². The third-order valence-corrected chi connectivity index (χ3v) is 7.66. The van der Waals surface area contributed by atoms with Crippen molar-refractivity contribution >= 4 is 44.8 Å². The Hall–Kier alpha value is -2.42. The predicted octanol–water partition coefficient (Wildman–Crippen LogP) is 4.50. The van der Waals surface area contributed by atoms with Crippen LogP contribution in [0.5, 0.6) is 0 Å². The Kier molecular flexibility index (Phi) is 7.35. The molecule has 0 atom stereocenters. The Morgan fingerprint density at radius 2 is 1.65 bits per heavy atom. The molecule has 0 saturated heterocycles. The van der Waals surface area contributed by atoms with Crippen LogP contribution in [0.25, 0.3) is 0 Å². The fraction of sp³-hybridized carbons (Fsp3) is 0.364. The number of hydrogen-bond acceptors (Lipinski definition) is 4. The summed E-state index contributed by atoms with van der Waals surface area (Å²) in [5, 5.41) is 5.60. The van der Waals surface area contributed by atoms with Crippen LogP contribution in [-0.4, -0.2) is 37.6 Å². The first-order valence-corrected chi connectivity index (χ1v) is 12.0. The third kappa shape index (κ3) is 5.64. The second-order valence-electron chi connectivity index (χ2n) is 7.67. The Morgan fingerprint density at radius 3 is 2.23 bits per heavy atom. The molecule has 1 fully saturated rings. The van der Waals surface area contributed by atoms with Gasteiger partial charge in [-0.2, -0.15) is 4.31 Å². The monoisotopic (exact) mass is 463 g/mol. The normalized spacial score (nSPS) is 15.0. The van der Waals surface area contributed by atoms with Gasteiger partial charge in [0.2, 0.25) is 15.9 Å². The molecule has 7 nitrogen and oxygen atoms in total. The second kappa shape index (κ2) is 9.80. The zero-order valence-electron chi connectivity index (χ0n) is 17.5. The van der Waals surface area contributed by atoms with E-state index in [2.05, 4.69) is 10.6 Å². The molecule has 0 spiro atoms. The molecule has 9 heteroatoms. The van der Waals surface area contributed by atoms with Gasteiger partial charge in [-0.1, -0.05) is 30.9 Å². The average molecular weight is 464 g/mol. The number of carbonyl (C=O) groups excluding carboxylic acids is 2. The summed E-state index contributed by atoms with van der Waals surface area (Å²) in [5.41, 5.74) is 1.22.